The Labute approximate surface area is 101 Å². The fourth-order valence-electron chi connectivity index (χ4n) is 1.66. The molecule has 16 heavy (non-hydrogen) atoms. The summed E-state index contributed by atoms with van der Waals surface area (Å²) >= 11 is 3.41. The summed E-state index contributed by atoms with van der Waals surface area (Å²) in [4.78, 5) is 18.0. The molecule has 1 aromatic heterocycles. The van der Waals surface area contributed by atoms with Gasteiger partial charge in [0.15, 0.2) is 0 Å². The van der Waals surface area contributed by atoms with Crippen LogP contribution in [-0.4, -0.2) is 16.5 Å². The number of halogens is 1. The first kappa shape index (κ1) is 11.3. The van der Waals surface area contributed by atoms with E-state index < -0.39 is 0 Å². The van der Waals surface area contributed by atoms with Gasteiger partial charge in [-0.25, -0.2) is 4.79 Å². The van der Waals surface area contributed by atoms with E-state index in [0.717, 1.165) is 33.9 Å². The number of hydrogen-bond acceptors (Lipinski definition) is 3. The molecule has 0 aliphatic carbocycles. The zero-order chi connectivity index (χ0) is 11.5. The van der Waals surface area contributed by atoms with Crippen LogP contribution >= 0.6 is 15.9 Å². The molecule has 5 heteroatoms. The van der Waals surface area contributed by atoms with Crippen LogP contribution in [0.3, 0.4) is 0 Å². The van der Waals surface area contributed by atoms with E-state index in [1.54, 1.807) is 0 Å². The number of rotatable bonds is 3. The number of hydrogen-bond donors (Lipinski definition) is 2. The van der Waals surface area contributed by atoms with Crippen molar-refractivity contribution in [1.29, 1.82) is 0 Å². The molecule has 0 saturated carbocycles. The second kappa shape index (κ2) is 4.76. The second-order valence-electron chi connectivity index (χ2n) is 3.57. The summed E-state index contributed by atoms with van der Waals surface area (Å²) < 4.78 is 0.975. The van der Waals surface area contributed by atoms with Gasteiger partial charge in [0.25, 0.3) is 0 Å². The molecule has 84 valence electrons. The van der Waals surface area contributed by atoms with Crippen molar-refractivity contribution in [3.8, 4) is 0 Å². The molecule has 0 unspecified atom stereocenters. The number of nitrogens with one attached hydrogen (secondary N) is 1. The second-order valence-corrected chi connectivity index (χ2v) is 4.49. The van der Waals surface area contributed by atoms with Crippen molar-refractivity contribution in [2.24, 2.45) is 5.73 Å². The molecule has 0 amide bonds. The van der Waals surface area contributed by atoms with E-state index in [2.05, 4.69) is 25.9 Å². The first-order chi connectivity index (χ1) is 7.70. The van der Waals surface area contributed by atoms with Gasteiger partial charge in [-0.2, -0.15) is 4.98 Å². The zero-order valence-corrected chi connectivity index (χ0v) is 10.3. The van der Waals surface area contributed by atoms with Crippen molar-refractivity contribution in [3.63, 3.8) is 0 Å². The molecule has 2 rings (SSSR count). The smallest absolute Gasteiger partial charge is 0.330 e. The Morgan fingerprint density at radius 1 is 1.44 bits per heavy atom. The lowest BCUT2D eigenvalue weighted by molar-refractivity contribution is 0.808. The predicted octanol–water partition coefficient (Wildman–Crippen LogP) is 1.58. The van der Waals surface area contributed by atoms with E-state index in [1.165, 1.54) is 0 Å². The SMILES string of the molecule is NCCCc1[nH]c(=O)nc2ccc(Br)cc12. The van der Waals surface area contributed by atoms with Gasteiger partial charge in [-0.05, 0) is 37.6 Å². The van der Waals surface area contributed by atoms with E-state index in [4.69, 9.17) is 5.73 Å². The van der Waals surface area contributed by atoms with Crippen LogP contribution in [0.25, 0.3) is 10.9 Å². The quantitative estimate of drug-likeness (QED) is 0.897. The van der Waals surface area contributed by atoms with Crippen LogP contribution in [0.1, 0.15) is 12.1 Å². The first-order valence-electron chi connectivity index (χ1n) is 5.09. The Morgan fingerprint density at radius 2 is 2.25 bits per heavy atom. The molecule has 4 nitrogen and oxygen atoms in total. The molecule has 1 aromatic carbocycles. The molecule has 2 aromatic rings. The molecule has 0 atom stereocenters. The fraction of sp³-hybridized carbons (Fsp3) is 0.273. The Kier molecular flexibility index (Phi) is 3.36. The minimum absolute atomic E-state index is 0.304. The maximum absolute atomic E-state index is 11.3. The van der Waals surface area contributed by atoms with Crippen LogP contribution in [0, 0.1) is 0 Å². The normalized spacial score (nSPS) is 10.9. The third-order valence-corrected chi connectivity index (χ3v) is 2.89. The summed E-state index contributed by atoms with van der Waals surface area (Å²) in [6, 6.07) is 5.67. The number of fused-ring (bicyclic) bond motifs is 1. The summed E-state index contributed by atoms with van der Waals surface area (Å²) in [6.45, 7) is 0.611. The van der Waals surface area contributed by atoms with Gasteiger partial charge in [-0.3, -0.25) is 0 Å². The van der Waals surface area contributed by atoms with Gasteiger partial charge in [0.2, 0.25) is 0 Å². The monoisotopic (exact) mass is 281 g/mol. The summed E-state index contributed by atoms with van der Waals surface area (Å²) in [5.74, 6) is 0. The van der Waals surface area contributed by atoms with E-state index in [9.17, 15) is 4.79 Å². The van der Waals surface area contributed by atoms with Crippen LogP contribution in [-0.2, 0) is 6.42 Å². The molecule has 1 heterocycles. The van der Waals surface area contributed by atoms with Crippen LogP contribution in [0.2, 0.25) is 0 Å². The molecule has 0 saturated heterocycles. The molecule has 0 spiro atoms. The maximum atomic E-state index is 11.3. The van der Waals surface area contributed by atoms with Crippen molar-refractivity contribution >= 4 is 26.8 Å². The molecular weight excluding hydrogens is 270 g/mol. The lowest BCUT2D eigenvalue weighted by Gasteiger charge is -2.05. The highest BCUT2D eigenvalue weighted by molar-refractivity contribution is 9.10. The predicted molar refractivity (Wildman–Crippen MR) is 67.4 cm³/mol. The Hall–Kier alpha value is -1.20. The minimum Gasteiger partial charge on any atom is -0.330 e. The number of nitrogens with zero attached hydrogens (tertiary/aromatic N) is 1. The number of nitrogens with two attached hydrogens (primary N) is 1. The summed E-state index contributed by atoms with van der Waals surface area (Å²) in [7, 11) is 0. The molecule has 0 fully saturated rings. The van der Waals surface area contributed by atoms with Gasteiger partial charge in [-0.1, -0.05) is 15.9 Å². The average Bonchev–Trinajstić information content (AvgIpc) is 2.26. The Bertz CT molecular complexity index is 565. The molecule has 0 radical (unpaired) electrons. The zero-order valence-electron chi connectivity index (χ0n) is 8.66. The van der Waals surface area contributed by atoms with Crippen LogP contribution in [0.4, 0.5) is 0 Å². The number of aromatic nitrogens is 2. The van der Waals surface area contributed by atoms with Crippen molar-refractivity contribution in [3.05, 3.63) is 38.9 Å². The van der Waals surface area contributed by atoms with Gasteiger partial charge in [-0.15, -0.1) is 0 Å². The van der Waals surface area contributed by atoms with E-state index in [1.807, 2.05) is 18.2 Å². The van der Waals surface area contributed by atoms with E-state index in [-0.39, 0.29) is 5.69 Å². The fourth-order valence-corrected chi connectivity index (χ4v) is 2.02. The molecule has 0 bridgehead atoms. The van der Waals surface area contributed by atoms with Gasteiger partial charge < -0.3 is 10.7 Å². The van der Waals surface area contributed by atoms with E-state index in [0.29, 0.717) is 6.54 Å². The summed E-state index contributed by atoms with van der Waals surface area (Å²) in [6.07, 6.45) is 1.61. The van der Waals surface area contributed by atoms with Gasteiger partial charge in [0, 0.05) is 15.6 Å². The number of H-pyrrole nitrogens is 1. The topological polar surface area (TPSA) is 71.8 Å². The van der Waals surface area contributed by atoms with Crippen molar-refractivity contribution < 1.29 is 0 Å². The highest BCUT2D eigenvalue weighted by Gasteiger charge is 2.04. The molecule has 0 aliphatic rings. The van der Waals surface area contributed by atoms with Crippen molar-refractivity contribution in [2.75, 3.05) is 6.54 Å². The van der Waals surface area contributed by atoms with E-state index >= 15 is 0 Å². The first-order valence-corrected chi connectivity index (χ1v) is 5.88. The number of aromatic amines is 1. The molecule has 0 aliphatic heterocycles. The Morgan fingerprint density at radius 3 is 3.00 bits per heavy atom. The third-order valence-electron chi connectivity index (χ3n) is 2.39. The van der Waals surface area contributed by atoms with Gasteiger partial charge >= 0.3 is 5.69 Å². The lowest BCUT2D eigenvalue weighted by Crippen LogP contribution is -2.14. The molecule has 3 N–H and O–H groups in total. The Balaban J connectivity index is 2.60. The van der Waals surface area contributed by atoms with Crippen molar-refractivity contribution in [2.45, 2.75) is 12.8 Å². The van der Waals surface area contributed by atoms with Crippen molar-refractivity contribution in [1.82, 2.24) is 9.97 Å². The summed E-state index contributed by atoms with van der Waals surface area (Å²) in [5, 5.41) is 0.974. The summed E-state index contributed by atoms with van der Waals surface area (Å²) in [5.41, 5.74) is 6.79. The number of aryl methyl sites for hydroxylation is 1. The highest BCUT2D eigenvalue weighted by atomic mass is 79.9. The highest BCUT2D eigenvalue weighted by Crippen LogP contribution is 2.20. The van der Waals surface area contributed by atoms with Crippen LogP contribution in [0.5, 0.6) is 0 Å². The van der Waals surface area contributed by atoms with Gasteiger partial charge in [0.05, 0.1) is 5.52 Å². The van der Waals surface area contributed by atoms with Crippen LogP contribution in [0.15, 0.2) is 27.5 Å². The van der Waals surface area contributed by atoms with Gasteiger partial charge in [0.1, 0.15) is 0 Å². The lowest BCUT2D eigenvalue weighted by atomic mass is 10.1. The standard InChI is InChI=1S/C11H12BrN3O/c12-7-3-4-10-8(6-7)9(2-1-5-13)14-11(16)15-10/h3-4,6H,1-2,5,13H2,(H,14,15,16). The van der Waals surface area contributed by atoms with Crippen LogP contribution < -0.4 is 11.4 Å². The minimum atomic E-state index is -0.304. The number of benzene rings is 1. The average molecular weight is 282 g/mol. The maximum Gasteiger partial charge on any atom is 0.345 e. The largest absolute Gasteiger partial charge is 0.345 e. The molecular formula is C11H12BrN3O. The third kappa shape index (κ3) is 2.31.